The van der Waals surface area contributed by atoms with Gasteiger partial charge in [0, 0.05) is 5.54 Å². The summed E-state index contributed by atoms with van der Waals surface area (Å²) in [5.41, 5.74) is 5.48. The third kappa shape index (κ3) is 3.19. The van der Waals surface area contributed by atoms with E-state index in [9.17, 15) is 4.79 Å². The van der Waals surface area contributed by atoms with Gasteiger partial charge in [-0.05, 0) is 37.2 Å². The lowest BCUT2D eigenvalue weighted by atomic mass is 9.80. The summed E-state index contributed by atoms with van der Waals surface area (Å²) >= 11 is 1.93. The molecule has 0 amide bonds. The van der Waals surface area contributed by atoms with E-state index in [0.717, 1.165) is 24.3 Å². The van der Waals surface area contributed by atoms with Crippen LogP contribution in [0.3, 0.4) is 0 Å². The van der Waals surface area contributed by atoms with Crippen molar-refractivity contribution >= 4 is 17.7 Å². The zero-order chi connectivity index (χ0) is 9.90. The molecular formula is C9H17NO2S. The molecule has 0 aromatic rings. The zero-order valence-corrected chi connectivity index (χ0v) is 8.77. The summed E-state index contributed by atoms with van der Waals surface area (Å²) in [6, 6.07) is 0. The monoisotopic (exact) mass is 203 g/mol. The van der Waals surface area contributed by atoms with Gasteiger partial charge in [0.2, 0.25) is 0 Å². The maximum atomic E-state index is 10.6. The number of hydrogen-bond acceptors (Lipinski definition) is 3. The Morgan fingerprint density at radius 1 is 1.62 bits per heavy atom. The molecule has 3 nitrogen and oxygen atoms in total. The molecule has 13 heavy (non-hydrogen) atoms. The van der Waals surface area contributed by atoms with Crippen molar-refractivity contribution < 1.29 is 9.90 Å². The lowest BCUT2D eigenvalue weighted by Crippen LogP contribution is -2.47. The topological polar surface area (TPSA) is 63.3 Å². The molecule has 1 fully saturated rings. The molecule has 0 aromatic carbocycles. The van der Waals surface area contributed by atoms with Gasteiger partial charge in [-0.25, -0.2) is 0 Å². The van der Waals surface area contributed by atoms with Gasteiger partial charge in [-0.2, -0.15) is 11.8 Å². The van der Waals surface area contributed by atoms with Gasteiger partial charge in [0.1, 0.15) is 0 Å². The molecule has 0 saturated carbocycles. The first-order chi connectivity index (χ1) is 6.02. The van der Waals surface area contributed by atoms with Gasteiger partial charge >= 0.3 is 5.97 Å². The van der Waals surface area contributed by atoms with E-state index in [4.69, 9.17) is 10.8 Å². The molecule has 0 spiro atoms. The van der Waals surface area contributed by atoms with Crippen LogP contribution in [0.25, 0.3) is 0 Å². The predicted molar refractivity (Wildman–Crippen MR) is 54.9 cm³/mol. The fraction of sp³-hybridized carbons (Fsp3) is 0.889. The Morgan fingerprint density at radius 3 is 2.62 bits per heavy atom. The molecule has 1 saturated heterocycles. The van der Waals surface area contributed by atoms with E-state index in [1.54, 1.807) is 0 Å². The van der Waals surface area contributed by atoms with Crippen LogP contribution in [0.1, 0.15) is 26.2 Å². The maximum Gasteiger partial charge on any atom is 0.305 e. The molecule has 3 N–H and O–H groups in total. The van der Waals surface area contributed by atoms with E-state index < -0.39 is 11.5 Å². The molecule has 4 heteroatoms. The van der Waals surface area contributed by atoms with Crippen molar-refractivity contribution in [3.63, 3.8) is 0 Å². The molecule has 1 rings (SSSR count). The first-order valence-electron chi connectivity index (χ1n) is 4.61. The average Bonchev–Trinajstić information content (AvgIpc) is 2.04. The van der Waals surface area contributed by atoms with Gasteiger partial charge in [-0.1, -0.05) is 0 Å². The Labute approximate surface area is 83.1 Å². The van der Waals surface area contributed by atoms with Gasteiger partial charge in [-0.3, -0.25) is 4.79 Å². The van der Waals surface area contributed by atoms with Crippen LogP contribution in [0.2, 0.25) is 0 Å². The summed E-state index contributed by atoms with van der Waals surface area (Å²) in [5.74, 6) is 1.84. The number of carboxylic acid groups (broad SMARTS) is 1. The lowest BCUT2D eigenvalue weighted by Gasteiger charge is -2.35. The first kappa shape index (κ1) is 10.9. The molecule has 0 bridgehead atoms. The van der Waals surface area contributed by atoms with E-state index in [1.165, 1.54) is 0 Å². The number of hydrogen-bond donors (Lipinski definition) is 2. The standard InChI is InChI=1S/C9H17NO2S/c1-9(10,6-8(11)12)7-2-4-13-5-3-7/h7H,2-6,10H2,1H3,(H,11,12). The van der Waals surface area contributed by atoms with Crippen molar-refractivity contribution in [2.45, 2.75) is 31.7 Å². The highest BCUT2D eigenvalue weighted by atomic mass is 32.2. The third-order valence-corrected chi connectivity index (χ3v) is 3.73. The Kier molecular flexibility index (Phi) is 3.62. The van der Waals surface area contributed by atoms with Crippen LogP contribution in [-0.4, -0.2) is 28.1 Å². The van der Waals surface area contributed by atoms with Crippen LogP contribution in [0.4, 0.5) is 0 Å². The lowest BCUT2D eigenvalue weighted by molar-refractivity contribution is -0.138. The second-order valence-corrected chi connectivity index (χ2v) is 5.19. The Hall–Kier alpha value is -0.220. The van der Waals surface area contributed by atoms with Crippen LogP contribution >= 0.6 is 11.8 Å². The molecule has 0 aliphatic carbocycles. The number of nitrogens with two attached hydrogens (primary N) is 1. The summed E-state index contributed by atoms with van der Waals surface area (Å²) in [6.07, 6.45) is 2.21. The predicted octanol–water partition coefficient (Wildman–Crippen LogP) is 1.32. The quantitative estimate of drug-likeness (QED) is 0.726. The minimum Gasteiger partial charge on any atom is -0.481 e. The van der Waals surface area contributed by atoms with Gasteiger partial charge in [0.25, 0.3) is 0 Å². The highest BCUT2D eigenvalue weighted by molar-refractivity contribution is 7.99. The Morgan fingerprint density at radius 2 is 2.15 bits per heavy atom. The van der Waals surface area contributed by atoms with E-state index >= 15 is 0 Å². The molecule has 1 unspecified atom stereocenters. The van der Waals surface area contributed by atoms with Gasteiger partial charge in [0.15, 0.2) is 0 Å². The number of carboxylic acids is 1. The molecule has 1 heterocycles. The molecule has 76 valence electrons. The number of carbonyl (C=O) groups is 1. The smallest absolute Gasteiger partial charge is 0.305 e. The van der Waals surface area contributed by atoms with Gasteiger partial charge in [-0.15, -0.1) is 0 Å². The SMILES string of the molecule is CC(N)(CC(=O)O)C1CCSCC1. The summed E-state index contributed by atoms with van der Waals surface area (Å²) in [6.45, 7) is 1.86. The summed E-state index contributed by atoms with van der Waals surface area (Å²) in [4.78, 5) is 10.6. The Balaban J connectivity index is 2.50. The summed E-state index contributed by atoms with van der Waals surface area (Å²) in [7, 11) is 0. The second kappa shape index (κ2) is 4.33. The van der Waals surface area contributed by atoms with Crippen molar-refractivity contribution in [2.24, 2.45) is 11.7 Å². The molecular weight excluding hydrogens is 186 g/mol. The van der Waals surface area contributed by atoms with Gasteiger partial charge < -0.3 is 10.8 Å². The zero-order valence-electron chi connectivity index (χ0n) is 7.95. The van der Waals surface area contributed by atoms with Crippen molar-refractivity contribution in [3.05, 3.63) is 0 Å². The fourth-order valence-corrected chi connectivity index (χ4v) is 2.93. The van der Waals surface area contributed by atoms with Crippen LogP contribution in [0, 0.1) is 5.92 Å². The molecule has 1 aliphatic heterocycles. The van der Waals surface area contributed by atoms with Crippen LogP contribution in [0.15, 0.2) is 0 Å². The molecule has 1 aliphatic rings. The van der Waals surface area contributed by atoms with E-state index in [-0.39, 0.29) is 6.42 Å². The molecule has 0 radical (unpaired) electrons. The third-order valence-electron chi connectivity index (χ3n) is 2.69. The van der Waals surface area contributed by atoms with E-state index in [2.05, 4.69) is 0 Å². The van der Waals surface area contributed by atoms with Crippen molar-refractivity contribution in [1.29, 1.82) is 0 Å². The van der Waals surface area contributed by atoms with Crippen molar-refractivity contribution in [1.82, 2.24) is 0 Å². The second-order valence-electron chi connectivity index (χ2n) is 3.96. The average molecular weight is 203 g/mol. The summed E-state index contributed by atoms with van der Waals surface area (Å²) < 4.78 is 0. The van der Waals surface area contributed by atoms with E-state index in [1.807, 2.05) is 18.7 Å². The minimum absolute atomic E-state index is 0.0856. The highest BCUT2D eigenvalue weighted by Gasteiger charge is 2.33. The first-order valence-corrected chi connectivity index (χ1v) is 5.76. The van der Waals surface area contributed by atoms with Crippen molar-refractivity contribution in [2.75, 3.05) is 11.5 Å². The number of rotatable bonds is 3. The van der Waals surface area contributed by atoms with Crippen LogP contribution in [-0.2, 0) is 4.79 Å². The fourth-order valence-electron chi connectivity index (χ4n) is 1.83. The van der Waals surface area contributed by atoms with Crippen molar-refractivity contribution in [3.8, 4) is 0 Å². The normalized spacial score (nSPS) is 23.8. The molecule has 1 atom stereocenters. The summed E-state index contributed by atoms with van der Waals surface area (Å²) in [5, 5.41) is 8.69. The van der Waals surface area contributed by atoms with Crippen LogP contribution in [0.5, 0.6) is 0 Å². The van der Waals surface area contributed by atoms with Crippen LogP contribution < -0.4 is 5.73 Å². The Bertz CT molecular complexity index is 188. The molecule has 0 aromatic heterocycles. The highest BCUT2D eigenvalue weighted by Crippen LogP contribution is 2.31. The van der Waals surface area contributed by atoms with Gasteiger partial charge in [0.05, 0.1) is 6.42 Å². The maximum absolute atomic E-state index is 10.6. The largest absolute Gasteiger partial charge is 0.481 e. The van der Waals surface area contributed by atoms with E-state index in [0.29, 0.717) is 5.92 Å². The number of thioether (sulfide) groups is 1. The minimum atomic E-state index is -0.789. The number of aliphatic carboxylic acids is 1.